The second kappa shape index (κ2) is 6.58. The normalized spacial score (nSPS) is 10.0. The van der Waals surface area contributed by atoms with Gasteiger partial charge in [-0.1, -0.05) is 6.07 Å². The van der Waals surface area contributed by atoms with Crippen LogP contribution in [0.4, 0.5) is 10.1 Å². The maximum absolute atomic E-state index is 13.8. The lowest BCUT2D eigenvalue weighted by atomic mass is 10.2. The van der Waals surface area contributed by atoms with Crippen LogP contribution in [0.25, 0.3) is 0 Å². The number of rotatable bonds is 7. The number of halogens is 1. The van der Waals surface area contributed by atoms with Crippen LogP contribution in [-0.4, -0.2) is 41.8 Å². The fraction of sp³-hybridized carbons (Fsp3) is 0.333. The van der Waals surface area contributed by atoms with Crippen LogP contribution in [0.2, 0.25) is 0 Å². The van der Waals surface area contributed by atoms with Gasteiger partial charge >= 0.3 is 11.9 Å². The molecule has 0 heterocycles. The molecule has 104 valence electrons. The molecule has 1 aromatic carbocycles. The number of benzene rings is 1. The SMILES string of the molecule is CCN(CC(=O)O)c1c(F)cccc1OCC(=O)O. The minimum absolute atomic E-state index is 0.00509. The van der Waals surface area contributed by atoms with Gasteiger partial charge < -0.3 is 19.8 Å². The van der Waals surface area contributed by atoms with E-state index in [0.717, 1.165) is 6.07 Å². The highest BCUT2D eigenvalue weighted by molar-refractivity contribution is 5.75. The van der Waals surface area contributed by atoms with Crippen molar-refractivity contribution in [2.75, 3.05) is 24.6 Å². The molecular weight excluding hydrogens is 257 g/mol. The number of hydrogen-bond acceptors (Lipinski definition) is 4. The Balaban J connectivity index is 3.07. The summed E-state index contributed by atoms with van der Waals surface area (Å²) in [7, 11) is 0. The molecule has 1 rings (SSSR count). The first-order chi connectivity index (χ1) is 8.95. The lowest BCUT2D eigenvalue weighted by Gasteiger charge is -2.23. The number of carboxylic acid groups (broad SMARTS) is 2. The lowest BCUT2D eigenvalue weighted by molar-refractivity contribution is -0.139. The maximum atomic E-state index is 13.8. The van der Waals surface area contributed by atoms with Crippen molar-refractivity contribution in [3.05, 3.63) is 24.0 Å². The summed E-state index contributed by atoms with van der Waals surface area (Å²) in [5, 5.41) is 17.3. The van der Waals surface area contributed by atoms with Crippen LogP contribution < -0.4 is 9.64 Å². The van der Waals surface area contributed by atoms with E-state index in [4.69, 9.17) is 14.9 Å². The van der Waals surface area contributed by atoms with E-state index < -0.39 is 30.9 Å². The zero-order valence-corrected chi connectivity index (χ0v) is 10.3. The van der Waals surface area contributed by atoms with Gasteiger partial charge in [-0.15, -0.1) is 0 Å². The lowest BCUT2D eigenvalue weighted by Crippen LogP contribution is -2.30. The number of aliphatic carboxylic acids is 2. The average molecular weight is 271 g/mol. The van der Waals surface area contributed by atoms with Gasteiger partial charge in [-0.05, 0) is 19.1 Å². The maximum Gasteiger partial charge on any atom is 0.341 e. The van der Waals surface area contributed by atoms with Crippen molar-refractivity contribution in [2.24, 2.45) is 0 Å². The minimum atomic E-state index is -1.20. The minimum Gasteiger partial charge on any atom is -0.480 e. The fourth-order valence-electron chi connectivity index (χ4n) is 1.57. The molecule has 0 aliphatic carbocycles. The van der Waals surface area contributed by atoms with Crippen molar-refractivity contribution in [3.63, 3.8) is 0 Å². The van der Waals surface area contributed by atoms with Gasteiger partial charge in [-0.25, -0.2) is 9.18 Å². The zero-order chi connectivity index (χ0) is 14.4. The van der Waals surface area contributed by atoms with Crippen LogP contribution in [0.15, 0.2) is 18.2 Å². The Morgan fingerprint density at radius 2 is 2.00 bits per heavy atom. The monoisotopic (exact) mass is 271 g/mol. The molecular formula is C12H14FNO5. The van der Waals surface area contributed by atoms with E-state index >= 15 is 0 Å². The summed E-state index contributed by atoms with van der Waals surface area (Å²) in [6.45, 7) is 0.884. The van der Waals surface area contributed by atoms with Gasteiger partial charge in [-0.3, -0.25) is 4.79 Å². The molecule has 2 N–H and O–H groups in total. The first-order valence-electron chi connectivity index (χ1n) is 5.55. The van der Waals surface area contributed by atoms with Gasteiger partial charge in [0.15, 0.2) is 6.61 Å². The van der Waals surface area contributed by atoms with Crippen LogP contribution in [-0.2, 0) is 9.59 Å². The third-order valence-electron chi connectivity index (χ3n) is 2.32. The second-order valence-electron chi connectivity index (χ2n) is 3.68. The topological polar surface area (TPSA) is 87.1 Å². The number of para-hydroxylation sites is 1. The molecule has 7 heteroatoms. The highest BCUT2D eigenvalue weighted by Gasteiger charge is 2.18. The van der Waals surface area contributed by atoms with Crippen LogP contribution in [0, 0.1) is 5.82 Å². The van der Waals surface area contributed by atoms with E-state index in [2.05, 4.69) is 0 Å². The van der Waals surface area contributed by atoms with Crippen molar-refractivity contribution in [2.45, 2.75) is 6.92 Å². The first kappa shape index (κ1) is 14.7. The van der Waals surface area contributed by atoms with E-state index in [1.54, 1.807) is 6.92 Å². The Morgan fingerprint density at radius 1 is 1.32 bits per heavy atom. The number of carboxylic acids is 2. The van der Waals surface area contributed by atoms with Crippen LogP contribution in [0.3, 0.4) is 0 Å². The van der Waals surface area contributed by atoms with Gasteiger partial charge in [-0.2, -0.15) is 0 Å². The molecule has 0 aliphatic rings. The summed E-state index contributed by atoms with van der Waals surface area (Å²) in [5.74, 6) is -2.97. The molecule has 0 bridgehead atoms. The molecule has 0 amide bonds. The predicted octanol–water partition coefficient (Wildman–Crippen LogP) is 1.20. The molecule has 0 aliphatic heterocycles. The van der Waals surface area contributed by atoms with Gasteiger partial charge in [0.1, 0.15) is 23.8 Å². The Bertz CT molecular complexity index is 477. The van der Waals surface area contributed by atoms with Crippen molar-refractivity contribution >= 4 is 17.6 Å². The Hall–Kier alpha value is -2.31. The molecule has 0 radical (unpaired) electrons. The molecule has 0 atom stereocenters. The molecule has 6 nitrogen and oxygen atoms in total. The number of nitrogens with zero attached hydrogens (tertiary/aromatic N) is 1. The van der Waals surface area contributed by atoms with E-state index in [0.29, 0.717) is 0 Å². The number of anilines is 1. The van der Waals surface area contributed by atoms with Crippen molar-refractivity contribution in [1.82, 2.24) is 0 Å². The Labute approximate surface area is 109 Å². The number of hydrogen-bond donors (Lipinski definition) is 2. The average Bonchev–Trinajstić information content (AvgIpc) is 2.33. The summed E-state index contributed by atoms with van der Waals surface area (Å²) in [6.07, 6.45) is 0. The van der Waals surface area contributed by atoms with Gasteiger partial charge in [0.05, 0.1) is 0 Å². The van der Waals surface area contributed by atoms with E-state index in [9.17, 15) is 14.0 Å². The quantitative estimate of drug-likeness (QED) is 0.774. The van der Waals surface area contributed by atoms with Crippen LogP contribution in [0.5, 0.6) is 5.75 Å². The number of ether oxygens (including phenoxy) is 1. The number of likely N-dealkylation sites (N-methyl/N-ethyl adjacent to an activating group) is 1. The van der Waals surface area contributed by atoms with Crippen molar-refractivity contribution in [1.29, 1.82) is 0 Å². The molecule has 0 saturated heterocycles. The second-order valence-corrected chi connectivity index (χ2v) is 3.68. The summed E-state index contributed by atoms with van der Waals surface area (Å²) >= 11 is 0. The third kappa shape index (κ3) is 4.13. The summed E-state index contributed by atoms with van der Waals surface area (Å²) in [6, 6.07) is 3.92. The standard InChI is InChI=1S/C12H14FNO5/c1-2-14(6-10(15)16)12-8(13)4-3-5-9(12)19-7-11(17)18/h3-5H,2,6-7H2,1H3,(H,15,16)(H,17,18). The molecule has 0 fully saturated rings. The smallest absolute Gasteiger partial charge is 0.341 e. The van der Waals surface area contributed by atoms with E-state index in [1.165, 1.54) is 17.0 Å². The van der Waals surface area contributed by atoms with E-state index in [1.807, 2.05) is 0 Å². The van der Waals surface area contributed by atoms with Crippen molar-refractivity contribution in [3.8, 4) is 5.75 Å². The summed E-state index contributed by atoms with van der Waals surface area (Å²) < 4.78 is 18.8. The van der Waals surface area contributed by atoms with Gasteiger partial charge in [0.25, 0.3) is 0 Å². The van der Waals surface area contributed by atoms with Gasteiger partial charge in [0, 0.05) is 6.54 Å². The predicted molar refractivity (Wildman–Crippen MR) is 65.1 cm³/mol. The third-order valence-corrected chi connectivity index (χ3v) is 2.32. The molecule has 1 aromatic rings. The molecule has 0 aromatic heterocycles. The first-order valence-corrected chi connectivity index (χ1v) is 5.55. The summed E-state index contributed by atoms with van der Waals surface area (Å²) in [4.78, 5) is 22.4. The fourth-order valence-corrected chi connectivity index (χ4v) is 1.57. The molecule has 19 heavy (non-hydrogen) atoms. The largest absolute Gasteiger partial charge is 0.480 e. The van der Waals surface area contributed by atoms with Crippen LogP contribution in [0.1, 0.15) is 6.92 Å². The zero-order valence-electron chi connectivity index (χ0n) is 10.3. The summed E-state index contributed by atoms with van der Waals surface area (Å²) in [5.41, 5.74) is -0.0475. The van der Waals surface area contributed by atoms with Crippen LogP contribution >= 0.6 is 0 Å². The number of carbonyl (C=O) groups is 2. The molecule has 0 spiro atoms. The Kier molecular flexibility index (Phi) is 5.11. The Morgan fingerprint density at radius 3 is 2.53 bits per heavy atom. The van der Waals surface area contributed by atoms with Crippen molar-refractivity contribution < 1.29 is 28.9 Å². The van der Waals surface area contributed by atoms with E-state index in [-0.39, 0.29) is 18.0 Å². The highest BCUT2D eigenvalue weighted by atomic mass is 19.1. The molecule has 0 saturated carbocycles. The van der Waals surface area contributed by atoms with Gasteiger partial charge in [0.2, 0.25) is 0 Å². The molecule has 0 unspecified atom stereocenters. The highest BCUT2D eigenvalue weighted by Crippen LogP contribution is 2.31.